The molecule has 0 unspecified atom stereocenters. The summed E-state index contributed by atoms with van der Waals surface area (Å²) in [7, 11) is 4.19. The van der Waals surface area contributed by atoms with Crippen LogP contribution in [0.4, 0.5) is 0 Å². The molecule has 0 aromatic rings. The number of hydrogen-bond acceptors (Lipinski definition) is 3. The van der Waals surface area contributed by atoms with Crippen molar-refractivity contribution in [3.63, 3.8) is 0 Å². The molecule has 2 aliphatic heterocycles. The fraction of sp³-hybridized carbons (Fsp3) is 0.556. The first-order valence-electron chi connectivity index (χ1n) is 4.15. The maximum atomic E-state index is 2.25. The maximum Gasteiger partial charge on any atom is 0.0278 e. The molecule has 0 N–H and O–H groups in total. The molecule has 2 nitrogen and oxygen atoms in total. The van der Waals surface area contributed by atoms with Crippen molar-refractivity contribution in [2.24, 2.45) is 0 Å². The van der Waals surface area contributed by atoms with Gasteiger partial charge in [0.2, 0.25) is 0 Å². The van der Waals surface area contributed by atoms with Gasteiger partial charge in [-0.3, -0.25) is 4.90 Å². The third kappa shape index (κ3) is 3.95. The van der Waals surface area contributed by atoms with Crippen LogP contribution in [-0.2, 0) is 0 Å². The summed E-state index contributed by atoms with van der Waals surface area (Å²) in [5.41, 5.74) is 0. The van der Waals surface area contributed by atoms with Crippen molar-refractivity contribution < 1.29 is 0 Å². The average molecular weight is 184 g/mol. The third-order valence-electron chi connectivity index (χ3n) is 1.70. The molecule has 0 amide bonds. The Kier molecular flexibility index (Phi) is 4.43. The lowest BCUT2D eigenvalue weighted by Crippen LogP contribution is -2.11. The highest BCUT2D eigenvalue weighted by Gasteiger charge is 1.96. The zero-order valence-electron chi connectivity index (χ0n) is 7.73. The number of hydrogen-bond donors (Lipinski definition) is 0. The van der Waals surface area contributed by atoms with Crippen LogP contribution >= 0.6 is 11.9 Å². The fourth-order valence-electron chi connectivity index (χ4n) is 0.965. The van der Waals surface area contributed by atoms with Crippen LogP contribution in [0.15, 0.2) is 23.6 Å². The molecule has 0 aliphatic carbocycles. The Morgan fingerprint density at radius 1 is 1.00 bits per heavy atom. The van der Waals surface area contributed by atoms with E-state index in [0.29, 0.717) is 0 Å². The zero-order valence-corrected chi connectivity index (χ0v) is 8.55. The standard InChI is InChI=1S/C5H9N.C4H7NS/c1-6-4-2-3-5-6;1-5-3-2-4-6-5/h2-3H,4-5H2,1H3;2,4H,3H2,1H3. The van der Waals surface area contributed by atoms with Crippen LogP contribution in [0.1, 0.15) is 0 Å². The van der Waals surface area contributed by atoms with Gasteiger partial charge in [-0.05, 0) is 19.5 Å². The summed E-state index contributed by atoms with van der Waals surface area (Å²) in [6, 6.07) is 0. The summed E-state index contributed by atoms with van der Waals surface area (Å²) in [6.07, 6.45) is 6.50. The summed E-state index contributed by atoms with van der Waals surface area (Å²) in [6.45, 7) is 3.38. The number of nitrogens with zero attached hydrogens (tertiary/aromatic N) is 2. The molecule has 68 valence electrons. The Morgan fingerprint density at radius 2 is 1.67 bits per heavy atom. The van der Waals surface area contributed by atoms with Gasteiger partial charge in [0.15, 0.2) is 0 Å². The van der Waals surface area contributed by atoms with Gasteiger partial charge in [0.05, 0.1) is 0 Å². The lowest BCUT2D eigenvalue weighted by molar-refractivity contribution is 0.435. The Balaban J connectivity index is 0.000000120. The van der Waals surface area contributed by atoms with Crippen molar-refractivity contribution in [2.45, 2.75) is 0 Å². The molecular weight excluding hydrogens is 168 g/mol. The van der Waals surface area contributed by atoms with Gasteiger partial charge in [-0.15, -0.1) is 0 Å². The normalized spacial score (nSPS) is 22.8. The summed E-state index contributed by atoms with van der Waals surface area (Å²) in [4.78, 5) is 2.25. The number of rotatable bonds is 0. The molecule has 3 heteroatoms. The first-order valence-corrected chi connectivity index (χ1v) is 4.99. The van der Waals surface area contributed by atoms with Crippen LogP contribution < -0.4 is 0 Å². The molecule has 2 rings (SSSR count). The molecule has 0 saturated carbocycles. The van der Waals surface area contributed by atoms with E-state index in [9.17, 15) is 0 Å². The maximum absolute atomic E-state index is 2.25. The highest BCUT2D eigenvalue weighted by molar-refractivity contribution is 8.00. The smallest absolute Gasteiger partial charge is 0.0278 e. The molecule has 0 aromatic carbocycles. The summed E-state index contributed by atoms with van der Waals surface area (Å²) < 4.78 is 2.17. The second-order valence-corrected chi connectivity index (χ2v) is 4.09. The molecule has 12 heavy (non-hydrogen) atoms. The average Bonchev–Trinajstić information content (AvgIpc) is 2.63. The minimum Gasteiger partial charge on any atom is -0.299 e. The van der Waals surface area contributed by atoms with Crippen molar-refractivity contribution in [1.29, 1.82) is 0 Å². The summed E-state index contributed by atoms with van der Waals surface area (Å²) in [5.74, 6) is 0. The Bertz CT molecular complexity index is 141. The fourth-order valence-corrected chi connectivity index (χ4v) is 1.52. The van der Waals surface area contributed by atoms with Crippen molar-refractivity contribution >= 4 is 11.9 Å². The van der Waals surface area contributed by atoms with Gasteiger partial charge in [-0.2, -0.15) is 0 Å². The van der Waals surface area contributed by atoms with Gasteiger partial charge < -0.3 is 0 Å². The van der Waals surface area contributed by atoms with Crippen LogP contribution in [-0.4, -0.2) is 42.9 Å². The Morgan fingerprint density at radius 3 is 1.83 bits per heavy atom. The van der Waals surface area contributed by atoms with E-state index < -0.39 is 0 Å². The molecule has 2 aliphatic rings. The van der Waals surface area contributed by atoms with Crippen LogP contribution in [0.25, 0.3) is 0 Å². The van der Waals surface area contributed by atoms with Gasteiger partial charge in [-0.1, -0.05) is 30.2 Å². The van der Waals surface area contributed by atoms with Crippen molar-refractivity contribution in [1.82, 2.24) is 9.21 Å². The molecular formula is C9H16N2S. The summed E-state index contributed by atoms with van der Waals surface area (Å²) in [5, 5.41) is 2.10. The predicted molar refractivity (Wildman–Crippen MR) is 56.0 cm³/mol. The molecule has 2 heterocycles. The minimum absolute atomic E-state index is 1.10. The van der Waals surface area contributed by atoms with Gasteiger partial charge in [0.1, 0.15) is 0 Å². The number of likely N-dealkylation sites (N-methyl/N-ethyl adjacent to an activating group) is 2. The second kappa shape index (κ2) is 5.41. The molecule has 0 saturated heterocycles. The molecule has 0 radical (unpaired) electrons. The minimum atomic E-state index is 1.10. The Labute approximate surface area is 79.1 Å². The van der Waals surface area contributed by atoms with E-state index in [-0.39, 0.29) is 0 Å². The van der Waals surface area contributed by atoms with Gasteiger partial charge >= 0.3 is 0 Å². The van der Waals surface area contributed by atoms with Crippen LogP contribution in [0.5, 0.6) is 0 Å². The third-order valence-corrected chi connectivity index (χ3v) is 2.52. The summed E-state index contributed by atoms with van der Waals surface area (Å²) >= 11 is 1.75. The van der Waals surface area contributed by atoms with E-state index in [1.165, 1.54) is 0 Å². The first kappa shape index (κ1) is 9.84. The van der Waals surface area contributed by atoms with Crippen molar-refractivity contribution in [3.05, 3.63) is 23.6 Å². The Hall–Kier alpha value is -0.250. The van der Waals surface area contributed by atoms with E-state index in [4.69, 9.17) is 0 Å². The lowest BCUT2D eigenvalue weighted by atomic mass is 10.6. The van der Waals surface area contributed by atoms with Gasteiger partial charge in [-0.25, -0.2) is 4.31 Å². The molecule has 0 spiro atoms. The molecule has 0 aromatic heterocycles. The monoisotopic (exact) mass is 184 g/mol. The zero-order chi connectivity index (χ0) is 8.81. The topological polar surface area (TPSA) is 6.48 Å². The van der Waals surface area contributed by atoms with Gasteiger partial charge in [0.25, 0.3) is 0 Å². The van der Waals surface area contributed by atoms with Crippen molar-refractivity contribution in [2.75, 3.05) is 33.7 Å². The SMILES string of the molecule is CN1CC=CC1.CN1CC=CS1. The van der Waals surface area contributed by atoms with E-state index >= 15 is 0 Å². The second-order valence-electron chi connectivity index (χ2n) is 2.98. The van der Waals surface area contributed by atoms with Crippen LogP contribution in [0.2, 0.25) is 0 Å². The van der Waals surface area contributed by atoms with Crippen LogP contribution in [0, 0.1) is 0 Å². The first-order chi connectivity index (χ1) is 5.79. The lowest BCUT2D eigenvalue weighted by Gasteiger charge is -2.01. The van der Waals surface area contributed by atoms with E-state index in [1.807, 2.05) is 0 Å². The van der Waals surface area contributed by atoms with E-state index in [0.717, 1.165) is 19.6 Å². The largest absolute Gasteiger partial charge is 0.299 e. The highest BCUT2D eigenvalue weighted by atomic mass is 32.2. The van der Waals surface area contributed by atoms with Crippen molar-refractivity contribution in [3.8, 4) is 0 Å². The molecule has 0 bridgehead atoms. The van der Waals surface area contributed by atoms with Gasteiger partial charge in [0, 0.05) is 19.6 Å². The molecule has 0 atom stereocenters. The van der Waals surface area contributed by atoms with E-state index in [2.05, 4.69) is 46.9 Å². The predicted octanol–water partition coefficient (Wildman–Crippen LogP) is 1.58. The van der Waals surface area contributed by atoms with E-state index in [1.54, 1.807) is 11.9 Å². The molecule has 0 fully saturated rings. The quantitative estimate of drug-likeness (QED) is 0.417. The van der Waals surface area contributed by atoms with Crippen LogP contribution in [0.3, 0.4) is 0 Å². The highest BCUT2D eigenvalue weighted by Crippen LogP contribution is 2.13.